The van der Waals surface area contributed by atoms with E-state index in [1.54, 1.807) is 0 Å². The Labute approximate surface area is 575 Å². The summed E-state index contributed by atoms with van der Waals surface area (Å²) < 4.78 is 7.05. The maximum Gasteiger partial charge on any atom is 0.145 e. The minimum Gasteiger partial charge on any atom is -0.292 e. The van der Waals surface area contributed by atoms with Gasteiger partial charge in [-0.15, -0.1) is 0 Å². The maximum atomic E-state index is 5.23. The van der Waals surface area contributed by atoms with Crippen LogP contribution in [0.5, 0.6) is 0 Å². The van der Waals surface area contributed by atoms with Gasteiger partial charge in [0.2, 0.25) is 0 Å². The summed E-state index contributed by atoms with van der Waals surface area (Å²) in [5, 5.41) is 0. The molecule has 0 fully saturated rings. The number of aromatic nitrogens is 6. The second-order valence-corrected chi connectivity index (χ2v) is 28.8. The molecule has 484 valence electrons. The van der Waals surface area contributed by atoms with Crippen molar-refractivity contribution in [3.05, 3.63) is 313 Å². The third-order valence-corrected chi connectivity index (χ3v) is 17.6. The summed E-state index contributed by atoms with van der Waals surface area (Å²) in [7, 11) is 0. The molecule has 0 aliphatic heterocycles. The fourth-order valence-electron chi connectivity index (χ4n) is 13.5. The van der Waals surface area contributed by atoms with E-state index in [-0.39, 0.29) is 10.8 Å². The first-order valence-corrected chi connectivity index (χ1v) is 34.2. The van der Waals surface area contributed by atoms with Crippen molar-refractivity contribution < 1.29 is 0 Å². The molecule has 0 atom stereocenters. The van der Waals surface area contributed by atoms with Crippen LogP contribution < -0.4 is 0 Å². The van der Waals surface area contributed by atoms with Crippen molar-refractivity contribution in [1.82, 2.24) is 28.7 Å². The van der Waals surface area contributed by atoms with E-state index in [0.717, 1.165) is 104 Å². The van der Waals surface area contributed by atoms with Crippen LogP contribution in [0.15, 0.2) is 285 Å². The molecule has 0 unspecified atom stereocenters. The standard InChI is InChI=1S/C38H28N2.C30H36N2.C23H26N2/c1-27-22-23-36-35(24-27)39-38(31-20-12-5-13-21-31)40(36)37-33(29-16-8-3-9-17-29)25-32(28-14-6-2-7-15-28)26-34(37)30-18-10-4-11-19-30;1-21-16-17-26-25(18-21)31-28(22-12-9-8-10-13-22)32(26)27-23(19-29(2,3)4)14-11-15-24(27)20-30(5,6)7;1-6-21(18(5)14-16(2)3)25-22-13-12-17(4)15-20(22)24-23(25)19-10-8-7-9-11-19/h2-26H,1H3;8-18H,19-20H2,1-7H3;6-13,15-16H,1,14H2,2-5H3/b;;21-18-. The van der Waals surface area contributed by atoms with Crippen LogP contribution in [0, 0.1) is 37.5 Å². The van der Waals surface area contributed by atoms with Crippen LogP contribution >= 0.6 is 0 Å². The molecule has 11 aromatic carbocycles. The molecule has 0 aliphatic rings. The Hall–Kier alpha value is -10.7. The highest BCUT2D eigenvalue weighted by atomic mass is 15.1. The lowest BCUT2D eigenvalue weighted by Gasteiger charge is -2.26. The summed E-state index contributed by atoms with van der Waals surface area (Å²) in [5.74, 6) is 3.53. The number of rotatable bonds is 14. The topological polar surface area (TPSA) is 53.5 Å². The summed E-state index contributed by atoms with van der Waals surface area (Å²) in [5.41, 5.74) is 28.6. The van der Waals surface area contributed by atoms with Gasteiger partial charge in [0.15, 0.2) is 0 Å². The predicted octanol–water partition coefficient (Wildman–Crippen LogP) is 24.7. The van der Waals surface area contributed by atoms with Crippen LogP contribution in [0.25, 0.3) is 118 Å². The average molecular weight is 1270 g/mol. The first-order chi connectivity index (χ1) is 46.8. The monoisotopic (exact) mass is 1270 g/mol. The molecular formula is C91H90N6. The third-order valence-electron chi connectivity index (χ3n) is 17.6. The van der Waals surface area contributed by atoms with Crippen LogP contribution in [0.2, 0.25) is 0 Å². The highest BCUT2D eigenvalue weighted by molar-refractivity contribution is 5.96. The zero-order chi connectivity index (χ0) is 68.0. The number of hydrogen-bond donors (Lipinski definition) is 0. The Kier molecular flexibility index (Phi) is 19.6. The van der Waals surface area contributed by atoms with Crippen molar-refractivity contribution in [1.29, 1.82) is 0 Å². The van der Waals surface area contributed by atoms with Crippen LogP contribution in [-0.2, 0) is 12.8 Å². The highest BCUT2D eigenvalue weighted by Crippen LogP contribution is 2.44. The van der Waals surface area contributed by atoms with E-state index < -0.39 is 0 Å². The van der Waals surface area contributed by atoms with Crippen LogP contribution in [0.3, 0.4) is 0 Å². The first-order valence-electron chi connectivity index (χ1n) is 34.2. The number of fused-ring (bicyclic) bond motifs is 3. The zero-order valence-electron chi connectivity index (χ0n) is 58.6. The lowest BCUT2D eigenvalue weighted by molar-refractivity contribution is 0.405. The van der Waals surface area contributed by atoms with E-state index in [9.17, 15) is 0 Å². The molecule has 97 heavy (non-hydrogen) atoms. The summed E-state index contributed by atoms with van der Waals surface area (Å²) >= 11 is 0. The van der Waals surface area contributed by atoms with Crippen LogP contribution in [-0.4, -0.2) is 28.7 Å². The largest absolute Gasteiger partial charge is 0.292 e. The van der Waals surface area contributed by atoms with Crippen molar-refractivity contribution in [2.45, 2.75) is 102 Å². The van der Waals surface area contributed by atoms with Gasteiger partial charge in [-0.2, -0.15) is 0 Å². The molecule has 0 radical (unpaired) electrons. The number of imidazole rings is 3. The van der Waals surface area contributed by atoms with E-state index in [0.29, 0.717) is 5.92 Å². The van der Waals surface area contributed by atoms with Gasteiger partial charge in [-0.05, 0) is 174 Å². The normalized spacial score (nSPS) is 11.9. The van der Waals surface area contributed by atoms with Gasteiger partial charge in [0.05, 0.1) is 44.5 Å². The lowest BCUT2D eigenvalue weighted by atomic mass is 9.83. The molecule has 6 nitrogen and oxygen atoms in total. The summed E-state index contributed by atoms with van der Waals surface area (Å²) in [6.07, 6.45) is 5.03. The van der Waals surface area contributed by atoms with Crippen molar-refractivity contribution in [2.24, 2.45) is 16.7 Å². The Balaban J connectivity index is 0.000000143. The molecule has 3 heterocycles. The number of allylic oxidation sites excluding steroid dienone is 3. The number of nitrogens with zero attached hydrogens (tertiary/aromatic N) is 6. The minimum atomic E-state index is 0.189. The minimum absolute atomic E-state index is 0.189. The summed E-state index contributed by atoms with van der Waals surface area (Å²) in [4.78, 5) is 15.3. The van der Waals surface area contributed by atoms with Gasteiger partial charge in [0, 0.05) is 33.5 Å². The summed E-state index contributed by atoms with van der Waals surface area (Å²) in [6.45, 7) is 31.1. The molecule has 14 rings (SSSR count). The Morgan fingerprint density at radius 3 is 1.10 bits per heavy atom. The maximum absolute atomic E-state index is 5.23. The zero-order valence-corrected chi connectivity index (χ0v) is 58.6. The van der Waals surface area contributed by atoms with Crippen LogP contribution in [0.1, 0.15) is 96.6 Å². The third kappa shape index (κ3) is 15.1. The Morgan fingerprint density at radius 1 is 0.381 bits per heavy atom. The van der Waals surface area contributed by atoms with Gasteiger partial charge in [-0.3, -0.25) is 13.7 Å². The van der Waals surface area contributed by atoms with Gasteiger partial charge in [-0.1, -0.05) is 280 Å². The molecule has 0 aliphatic carbocycles. The average Bonchev–Trinajstić information content (AvgIpc) is 1.67. The second-order valence-electron chi connectivity index (χ2n) is 28.8. The van der Waals surface area contributed by atoms with E-state index in [1.165, 1.54) is 66.8 Å². The Morgan fingerprint density at radius 2 is 0.722 bits per heavy atom. The lowest BCUT2D eigenvalue weighted by Crippen LogP contribution is -2.17. The van der Waals surface area contributed by atoms with Crippen molar-refractivity contribution in [3.63, 3.8) is 0 Å². The van der Waals surface area contributed by atoms with Crippen molar-refractivity contribution >= 4 is 38.8 Å². The molecular weight excluding hydrogens is 1180 g/mol. The molecule has 0 N–H and O–H groups in total. The number of benzene rings is 11. The van der Waals surface area contributed by atoms with Gasteiger partial charge >= 0.3 is 0 Å². The Bertz CT molecular complexity index is 4980. The van der Waals surface area contributed by atoms with Gasteiger partial charge in [-0.25, -0.2) is 15.0 Å². The summed E-state index contributed by atoms with van der Waals surface area (Å²) in [6, 6.07) is 94.7. The smallest absolute Gasteiger partial charge is 0.145 e. The predicted molar refractivity (Wildman–Crippen MR) is 414 cm³/mol. The first kappa shape index (κ1) is 66.3. The van der Waals surface area contributed by atoms with Crippen molar-refractivity contribution in [2.75, 3.05) is 0 Å². The second kappa shape index (κ2) is 28.7. The highest BCUT2D eigenvalue weighted by Gasteiger charge is 2.27. The molecule has 6 heteroatoms. The SMILES string of the molecule is C=C/C(=C(\C)CC(C)C)n1c(-c2ccccc2)nc2cc(C)ccc21.Cc1ccc2c(c1)nc(-c1ccccc1)n2-c1c(-c2ccccc2)cc(-c2ccccc2)cc1-c1ccccc1.Cc1ccc2c(c1)nc(-c1ccccc1)n2-c1c(CC(C)(C)C)cccc1CC(C)(C)C. The molecule has 14 aromatic rings. The molecule has 3 aromatic heterocycles. The van der Waals surface area contributed by atoms with E-state index in [1.807, 2.05) is 12.1 Å². The van der Waals surface area contributed by atoms with E-state index in [2.05, 4.69) is 364 Å². The number of hydrogen-bond acceptors (Lipinski definition) is 3. The molecule has 0 saturated carbocycles. The molecule has 0 bridgehead atoms. The van der Waals surface area contributed by atoms with Gasteiger partial charge in [0.25, 0.3) is 0 Å². The van der Waals surface area contributed by atoms with Crippen molar-refractivity contribution in [3.8, 4) is 78.9 Å². The van der Waals surface area contributed by atoms with Gasteiger partial charge in [0.1, 0.15) is 17.5 Å². The fourth-order valence-corrected chi connectivity index (χ4v) is 13.5. The van der Waals surface area contributed by atoms with E-state index >= 15 is 0 Å². The molecule has 0 saturated heterocycles. The number of para-hydroxylation sites is 1. The van der Waals surface area contributed by atoms with E-state index in [4.69, 9.17) is 15.0 Å². The van der Waals surface area contributed by atoms with Crippen LogP contribution in [0.4, 0.5) is 0 Å². The fraction of sp³-hybridized carbons (Fsp3) is 0.198. The van der Waals surface area contributed by atoms with Gasteiger partial charge < -0.3 is 0 Å². The quantitative estimate of drug-likeness (QED) is 0.102. The number of aryl methyl sites for hydroxylation is 3. The molecule has 0 spiro atoms. The molecule has 0 amide bonds.